The Morgan fingerprint density at radius 2 is 0.791 bits per heavy atom. The monoisotopic (exact) mass is 889 g/mol. The highest BCUT2D eigenvalue weighted by molar-refractivity contribution is 5.78. The third-order valence-electron chi connectivity index (χ3n) is 13.3. The molecular formula is C65H80N2. The van der Waals surface area contributed by atoms with Crippen molar-refractivity contribution >= 4 is 46.7 Å². The second-order valence-corrected chi connectivity index (χ2v) is 18.3. The van der Waals surface area contributed by atoms with Crippen LogP contribution in [0.2, 0.25) is 0 Å². The third-order valence-corrected chi connectivity index (χ3v) is 13.3. The Morgan fingerprint density at radius 1 is 0.448 bits per heavy atom. The number of hydrogen-bond acceptors (Lipinski definition) is 2. The maximum Gasteiger partial charge on any atom is 0.0462 e. The van der Waals surface area contributed by atoms with Crippen LogP contribution < -0.4 is 9.80 Å². The lowest BCUT2D eigenvalue weighted by molar-refractivity contribution is 0.702. The van der Waals surface area contributed by atoms with Crippen molar-refractivity contribution in [2.75, 3.05) is 9.80 Å². The Balaban J connectivity index is 0.000000225. The van der Waals surface area contributed by atoms with Crippen LogP contribution >= 0.6 is 0 Å². The van der Waals surface area contributed by atoms with Crippen molar-refractivity contribution in [2.45, 2.75) is 138 Å². The number of rotatable bonds is 18. The van der Waals surface area contributed by atoms with E-state index in [1.165, 1.54) is 87.5 Å². The van der Waals surface area contributed by atoms with Gasteiger partial charge in [-0.25, -0.2) is 0 Å². The van der Waals surface area contributed by atoms with Crippen LogP contribution in [0.15, 0.2) is 176 Å². The average Bonchev–Trinajstić information content (AvgIpc) is 3.39. The van der Waals surface area contributed by atoms with Gasteiger partial charge >= 0.3 is 0 Å². The predicted molar refractivity (Wildman–Crippen MR) is 299 cm³/mol. The summed E-state index contributed by atoms with van der Waals surface area (Å²) in [7, 11) is 0. The van der Waals surface area contributed by atoms with E-state index in [1.807, 2.05) is 6.08 Å². The van der Waals surface area contributed by atoms with E-state index in [1.54, 1.807) is 0 Å². The summed E-state index contributed by atoms with van der Waals surface area (Å²) in [5, 5.41) is 0. The number of allylic oxidation sites excluding steroid dienone is 3. The first kappa shape index (κ1) is 51.9. The molecule has 7 rings (SSSR count). The molecule has 0 bridgehead atoms. The lowest BCUT2D eigenvalue weighted by atomic mass is 9.97. The van der Waals surface area contributed by atoms with Gasteiger partial charge in [-0.15, -0.1) is 0 Å². The molecule has 1 aliphatic rings. The van der Waals surface area contributed by atoms with Crippen LogP contribution in [0.4, 0.5) is 28.4 Å². The molecule has 6 aromatic carbocycles. The van der Waals surface area contributed by atoms with Crippen LogP contribution in [0.3, 0.4) is 0 Å². The molecule has 2 nitrogen and oxygen atoms in total. The van der Waals surface area contributed by atoms with Crippen molar-refractivity contribution in [2.24, 2.45) is 0 Å². The zero-order chi connectivity index (χ0) is 48.0. The number of nitrogens with zero attached hydrogens (tertiary/aromatic N) is 2. The van der Waals surface area contributed by atoms with Crippen LogP contribution in [0, 0.1) is 6.92 Å². The van der Waals surface area contributed by atoms with E-state index in [0.29, 0.717) is 17.8 Å². The largest absolute Gasteiger partial charge is 0.311 e. The average molecular weight is 889 g/mol. The number of benzene rings is 6. The van der Waals surface area contributed by atoms with Crippen LogP contribution in [-0.2, 0) is 0 Å². The molecule has 0 saturated carbocycles. The standard InChI is InChI=1S/C31H33N.C28H33N.C6H14/c1-4-25(3)28-18-22-31(23-19-28)32(29-8-6-5-7-9-29)30-20-16-27(17-21-30)15-14-26-12-10-24(2)11-13-26;1-6-21(4)24-11-17-27(18-12-24)29(26-15-9-23(8-3)10-16-26)28-19-13-25(14-20-28)22(5)7-2;1-3-5-6-4-2/h6,8-23,25H,4-5,7H2,1-3H3;8-22H,3,6-7H2,1-2,4-5H3;3-6H2,1-2H3/b15-14+;;. The number of aryl methyl sites for hydroxylation is 1. The fraction of sp³-hybridized carbons (Fsp3) is 0.323. The van der Waals surface area contributed by atoms with Gasteiger partial charge in [-0.1, -0.05) is 209 Å². The van der Waals surface area contributed by atoms with Gasteiger partial charge in [0.2, 0.25) is 0 Å². The van der Waals surface area contributed by atoms with E-state index in [-0.39, 0.29) is 0 Å². The van der Waals surface area contributed by atoms with Gasteiger partial charge in [-0.2, -0.15) is 0 Å². The molecule has 2 heteroatoms. The second kappa shape index (κ2) is 27.5. The first-order chi connectivity index (χ1) is 32.6. The number of anilines is 5. The highest BCUT2D eigenvalue weighted by Crippen LogP contribution is 2.37. The van der Waals surface area contributed by atoms with Gasteiger partial charge in [0.15, 0.2) is 0 Å². The van der Waals surface area contributed by atoms with Crippen LogP contribution in [0.1, 0.15) is 170 Å². The summed E-state index contributed by atoms with van der Waals surface area (Å²) in [5.74, 6) is 1.75. The van der Waals surface area contributed by atoms with E-state index in [9.17, 15) is 0 Å². The predicted octanol–water partition coefficient (Wildman–Crippen LogP) is 20.5. The van der Waals surface area contributed by atoms with Gasteiger partial charge < -0.3 is 9.80 Å². The normalized spacial score (nSPS) is 13.3. The number of hydrogen-bond donors (Lipinski definition) is 0. The molecule has 0 radical (unpaired) electrons. The van der Waals surface area contributed by atoms with Crippen molar-refractivity contribution in [3.8, 4) is 0 Å². The van der Waals surface area contributed by atoms with Crippen molar-refractivity contribution in [3.05, 3.63) is 215 Å². The molecule has 0 aromatic heterocycles. The molecule has 67 heavy (non-hydrogen) atoms. The second-order valence-electron chi connectivity index (χ2n) is 18.3. The Bertz CT molecular complexity index is 2360. The summed E-state index contributed by atoms with van der Waals surface area (Å²) in [6.07, 6.45) is 24.3. The van der Waals surface area contributed by atoms with E-state index in [0.717, 1.165) is 43.4 Å². The van der Waals surface area contributed by atoms with E-state index < -0.39 is 0 Å². The smallest absolute Gasteiger partial charge is 0.0462 e. The molecule has 3 unspecified atom stereocenters. The lowest BCUT2D eigenvalue weighted by Gasteiger charge is -2.28. The fourth-order valence-electron chi connectivity index (χ4n) is 8.09. The van der Waals surface area contributed by atoms with Crippen LogP contribution in [0.25, 0.3) is 18.2 Å². The summed E-state index contributed by atoms with van der Waals surface area (Å²) in [6, 6.07) is 53.2. The quantitative estimate of drug-likeness (QED) is 0.0627. The SMILES string of the molecule is C=Cc1ccc(N(c2ccc(C(C)CC)cc2)c2ccc(C(C)CC)cc2)cc1.CCC(C)c1ccc(N(C2=CCCC=C2)c2ccc(/C=C/c3ccc(C)cc3)cc2)cc1.CCCCCC. The molecule has 0 aliphatic heterocycles. The lowest BCUT2D eigenvalue weighted by Crippen LogP contribution is -2.16. The van der Waals surface area contributed by atoms with E-state index in [4.69, 9.17) is 0 Å². The van der Waals surface area contributed by atoms with E-state index in [2.05, 4.69) is 255 Å². The highest BCUT2D eigenvalue weighted by Gasteiger charge is 2.16. The summed E-state index contributed by atoms with van der Waals surface area (Å²) < 4.78 is 0. The molecule has 1 aliphatic carbocycles. The molecule has 0 saturated heterocycles. The molecule has 0 fully saturated rings. The van der Waals surface area contributed by atoms with Crippen LogP contribution in [-0.4, -0.2) is 0 Å². The van der Waals surface area contributed by atoms with Crippen molar-refractivity contribution in [1.29, 1.82) is 0 Å². The number of unbranched alkanes of at least 4 members (excludes halogenated alkanes) is 3. The van der Waals surface area contributed by atoms with E-state index >= 15 is 0 Å². The molecule has 3 atom stereocenters. The van der Waals surface area contributed by atoms with Crippen molar-refractivity contribution in [1.82, 2.24) is 0 Å². The Hall–Kier alpha value is -6.12. The first-order valence-electron chi connectivity index (χ1n) is 25.5. The Morgan fingerprint density at radius 3 is 1.12 bits per heavy atom. The molecule has 6 aromatic rings. The van der Waals surface area contributed by atoms with Crippen molar-refractivity contribution in [3.63, 3.8) is 0 Å². The van der Waals surface area contributed by atoms with Gasteiger partial charge in [-0.3, -0.25) is 0 Å². The highest BCUT2D eigenvalue weighted by atomic mass is 15.1. The summed E-state index contributed by atoms with van der Waals surface area (Å²) >= 11 is 0. The van der Waals surface area contributed by atoms with Crippen LogP contribution in [0.5, 0.6) is 0 Å². The topological polar surface area (TPSA) is 6.48 Å². The summed E-state index contributed by atoms with van der Waals surface area (Å²) in [4.78, 5) is 4.69. The maximum absolute atomic E-state index is 3.88. The molecule has 0 N–H and O–H groups in total. The van der Waals surface area contributed by atoms with Gasteiger partial charge in [0.25, 0.3) is 0 Å². The molecule has 0 spiro atoms. The Labute approximate surface area is 407 Å². The van der Waals surface area contributed by atoms with Crippen molar-refractivity contribution < 1.29 is 0 Å². The minimum atomic E-state index is 0.583. The zero-order valence-electron chi connectivity index (χ0n) is 42.5. The third kappa shape index (κ3) is 15.5. The zero-order valence-corrected chi connectivity index (χ0v) is 42.5. The molecule has 0 heterocycles. The van der Waals surface area contributed by atoms with Gasteiger partial charge in [-0.05, 0) is 157 Å². The molecular weight excluding hydrogens is 809 g/mol. The van der Waals surface area contributed by atoms with Gasteiger partial charge in [0, 0.05) is 34.1 Å². The molecule has 0 amide bonds. The summed E-state index contributed by atoms with van der Waals surface area (Å²) in [5.41, 5.74) is 16.2. The minimum Gasteiger partial charge on any atom is -0.311 e. The Kier molecular flexibility index (Phi) is 21.3. The summed E-state index contributed by atoms with van der Waals surface area (Å²) in [6.45, 7) is 24.1. The fourth-order valence-corrected chi connectivity index (χ4v) is 8.09. The van der Waals surface area contributed by atoms with Gasteiger partial charge in [0.1, 0.15) is 0 Å². The maximum atomic E-state index is 3.88. The van der Waals surface area contributed by atoms with Gasteiger partial charge in [0.05, 0.1) is 0 Å². The first-order valence-corrected chi connectivity index (χ1v) is 25.5. The molecule has 350 valence electrons. The minimum absolute atomic E-state index is 0.583.